The largest absolute Gasteiger partial charge is 0.369 e. The summed E-state index contributed by atoms with van der Waals surface area (Å²) >= 11 is 6.45. The molecule has 116 valence electrons. The molecule has 0 saturated carbocycles. The summed E-state index contributed by atoms with van der Waals surface area (Å²) in [6, 6.07) is 4.18. The first-order chi connectivity index (χ1) is 10.4. The van der Waals surface area contributed by atoms with Crippen LogP contribution in [0.4, 0.5) is 5.69 Å². The van der Waals surface area contributed by atoms with E-state index in [2.05, 4.69) is 54.1 Å². The predicted octanol–water partition coefficient (Wildman–Crippen LogP) is 3.54. The van der Waals surface area contributed by atoms with E-state index in [1.165, 1.54) is 11.3 Å². The maximum Gasteiger partial charge on any atom is 0.141 e. The SMILES string of the molecule is C[C@@H]1CC(C)(C)N(C)c2cc(Cl)c(/C=N\n3cnnc3)cc21. The van der Waals surface area contributed by atoms with Crippen LogP contribution in [0.1, 0.15) is 44.2 Å². The molecule has 1 aliphatic rings. The van der Waals surface area contributed by atoms with E-state index < -0.39 is 0 Å². The van der Waals surface area contributed by atoms with Gasteiger partial charge in [0.15, 0.2) is 0 Å². The van der Waals surface area contributed by atoms with E-state index in [-0.39, 0.29) is 5.54 Å². The van der Waals surface area contributed by atoms with Crippen LogP contribution in [0.15, 0.2) is 29.9 Å². The molecule has 1 atom stereocenters. The zero-order chi connectivity index (χ0) is 15.9. The number of anilines is 1. The summed E-state index contributed by atoms with van der Waals surface area (Å²) in [5.41, 5.74) is 3.56. The fourth-order valence-corrected chi connectivity index (χ4v) is 3.29. The average molecular weight is 318 g/mol. The van der Waals surface area contributed by atoms with Gasteiger partial charge in [-0.1, -0.05) is 18.5 Å². The molecule has 0 bridgehead atoms. The Hall–Kier alpha value is -1.88. The highest BCUT2D eigenvalue weighted by Crippen LogP contribution is 2.44. The molecule has 6 heteroatoms. The van der Waals surface area contributed by atoms with Crippen molar-refractivity contribution in [1.82, 2.24) is 14.9 Å². The first-order valence-corrected chi connectivity index (χ1v) is 7.72. The molecule has 0 amide bonds. The molecule has 0 unspecified atom stereocenters. The smallest absolute Gasteiger partial charge is 0.141 e. The quantitative estimate of drug-likeness (QED) is 0.796. The predicted molar refractivity (Wildman–Crippen MR) is 90.0 cm³/mol. The molecule has 0 N–H and O–H groups in total. The van der Waals surface area contributed by atoms with E-state index in [1.807, 2.05) is 6.07 Å². The summed E-state index contributed by atoms with van der Waals surface area (Å²) in [5.74, 6) is 0.487. The molecule has 0 saturated heterocycles. The highest BCUT2D eigenvalue weighted by molar-refractivity contribution is 6.33. The number of benzene rings is 1. The van der Waals surface area contributed by atoms with Crippen molar-refractivity contribution in [3.63, 3.8) is 0 Å². The lowest BCUT2D eigenvalue weighted by atomic mass is 9.80. The summed E-state index contributed by atoms with van der Waals surface area (Å²) in [7, 11) is 2.13. The molecule has 0 fully saturated rings. The summed E-state index contributed by atoms with van der Waals surface area (Å²) in [5, 5.41) is 12.4. The number of hydrogen-bond donors (Lipinski definition) is 0. The molecular weight excluding hydrogens is 298 g/mol. The highest BCUT2D eigenvalue weighted by atomic mass is 35.5. The van der Waals surface area contributed by atoms with Crippen molar-refractivity contribution in [1.29, 1.82) is 0 Å². The van der Waals surface area contributed by atoms with Crippen molar-refractivity contribution in [2.24, 2.45) is 5.10 Å². The van der Waals surface area contributed by atoms with Crippen LogP contribution in [0.5, 0.6) is 0 Å². The summed E-state index contributed by atoms with van der Waals surface area (Å²) < 4.78 is 1.55. The van der Waals surface area contributed by atoms with Crippen molar-refractivity contribution in [3.05, 3.63) is 40.9 Å². The van der Waals surface area contributed by atoms with Crippen molar-refractivity contribution < 1.29 is 0 Å². The van der Waals surface area contributed by atoms with Crippen LogP contribution in [0.2, 0.25) is 5.02 Å². The van der Waals surface area contributed by atoms with E-state index in [0.29, 0.717) is 10.9 Å². The first-order valence-electron chi connectivity index (χ1n) is 7.35. The highest BCUT2D eigenvalue weighted by Gasteiger charge is 2.34. The Morgan fingerprint density at radius 1 is 1.32 bits per heavy atom. The standard InChI is InChI=1S/C16H20ClN5/c1-11-7-16(2,3)21(4)15-6-14(17)12(5-13(11)15)8-20-22-9-18-19-10-22/h5-6,8-11H,7H2,1-4H3/b20-8-/t11-/m1/s1. The van der Waals surface area contributed by atoms with Gasteiger partial charge in [0.2, 0.25) is 0 Å². The van der Waals surface area contributed by atoms with E-state index in [9.17, 15) is 0 Å². The van der Waals surface area contributed by atoms with Crippen LogP contribution >= 0.6 is 11.6 Å². The lowest BCUT2D eigenvalue weighted by Gasteiger charge is -2.45. The summed E-state index contributed by atoms with van der Waals surface area (Å²) in [4.78, 5) is 2.31. The Bertz CT molecular complexity index is 706. The third-order valence-corrected chi connectivity index (χ3v) is 4.82. The lowest BCUT2D eigenvalue weighted by Crippen LogP contribution is -2.45. The molecule has 22 heavy (non-hydrogen) atoms. The Morgan fingerprint density at radius 3 is 2.68 bits per heavy atom. The van der Waals surface area contributed by atoms with E-state index in [1.54, 1.807) is 23.5 Å². The molecule has 2 aromatic rings. The van der Waals surface area contributed by atoms with Crippen LogP contribution < -0.4 is 4.90 Å². The van der Waals surface area contributed by atoms with E-state index >= 15 is 0 Å². The van der Waals surface area contributed by atoms with Gasteiger partial charge in [0.1, 0.15) is 12.7 Å². The molecule has 0 spiro atoms. The first kappa shape index (κ1) is 15.0. The van der Waals surface area contributed by atoms with Crippen molar-refractivity contribution in [2.75, 3.05) is 11.9 Å². The summed E-state index contributed by atoms with van der Waals surface area (Å²) in [6.45, 7) is 6.80. The second-order valence-corrected chi connectivity index (χ2v) is 6.90. The van der Waals surface area contributed by atoms with Gasteiger partial charge in [0.25, 0.3) is 0 Å². The topological polar surface area (TPSA) is 46.3 Å². The molecule has 5 nitrogen and oxygen atoms in total. The Morgan fingerprint density at radius 2 is 2.00 bits per heavy atom. The second-order valence-electron chi connectivity index (χ2n) is 6.50. The maximum atomic E-state index is 6.45. The van der Waals surface area contributed by atoms with Gasteiger partial charge in [0, 0.05) is 23.8 Å². The Kier molecular flexibility index (Phi) is 3.68. The average Bonchev–Trinajstić information content (AvgIpc) is 2.96. The van der Waals surface area contributed by atoms with Gasteiger partial charge in [-0.2, -0.15) is 5.10 Å². The van der Waals surface area contributed by atoms with Crippen LogP contribution in [-0.4, -0.2) is 33.7 Å². The van der Waals surface area contributed by atoms with Gasteiger partial charge in [-0.05, 0) is 43.9 Å². The van der Waals surface area contributed by atoms with E-state index in [4.69, 9.17) is 11.6 Å². The minimum absolute atomic E-state index is 0.133. The number of aromatic nitrogens is 3. The number of rotatable bonds is 2. The van der Waals surface area contributed by atoms with Crippen LogP contribution in [0.3, 0.4) is 0 Å². The van der Waals surface area contributed by atoms with Gasteiger partial charge in [-0.3, -0.25) is 0 Å². The number of nitrogens with zero attached hydrogens (tertiary/aromatic N) is 5. The van der Waals surface area contributed by atoms with Crippen LogP contribution in [-0.2, 0) is 0 Å². The van der Waals surface area contributed by atoms with Crippen molar-refractivity contribution >= 4 is 23.5 Å². The fraction of sp³-hybridized carbons (Fsp3) is 0.438. The molecule has 0 radical (unpaired) electrons. The van der Waals surface area contributed by atoms with Crippen molar-refractivity contribution in [3.8, 4) is 0 Å². The molecule has 1 aliphatic heterocycles. The number of hydrogen-bond acceptors (Lipinski definition) is 4. The monoisotopic (exact) mass is 317 g/mol. The van der Waals surface area contributed by atoms with Gasteiger partial charge in [0.05, 0.1) is 11.2 Å². The number of halogens is 1. The molecule has 0 aliphatic carbocycles. The van der Waals surface area contributed by atoms with Gasteiger partial charge in [-0.25, -0.2) is 4.68 Å². The van der Waals surface area contributed by atoms with Gasteiger partial charge in [-0.15, -0.1) is 10.2 Å². The minimum atomic E-state index is 0.133. The fourth-order valence-electron chi connectivity index (χ4n) is 3.09. The third-order valence-electron chi connectivity index (χ3n) is 4.49. The number of fused-ring (bicyclic) bond motifs is 1. The summed E-state index contributed by atoms with van der Waals surface area (Å²) in [6.07, 6.45) is 5.95. The minimum Gasteiger partial charge on any atom is -0.369 e. The Labute approximate surface area is 135 Å². The van der Waals surface area contributed by atoms with Crippen molar-refractivity contribution in [2.45, 2.75) is 38.6 Å². The maximum absolute atomic E-state index is 6.45. The lowest BCUT2D eigenvalue weighted by molar-refractivity contribution is 0.395. The Balaban J connectivity index is 2.01. The van der Waals surface area contributed by atoms with Gasteiger partial charge >= 0.3 is 0 Å². The molecule has 1 aromatic carbocycles. The second kappa shape index (κ2) is 5.39. The van der Waals surface area contributed by atoms with Crippen LogP contribution in [0.25, 0.3) is 0 Å². The molecule has 3 rings (SSSR count). The van der Waals surface area contributed by atoms with Crippen LogP contribution in [0, 0.1) is 0 Å². The molecular formula is C16H20ClN5. The molecule has 2 heterocycles. The molecule has 1 aromatic heterocycles. The zero-order valence-electron chi connectivity index (χ0n) is 13.3. The zero-order valence-corrected chi connectivity index (χ0v) is 14.0. The van der Waals surface area contributed by atoms with E-state index in [0.717, 1.165) is 12.0 Å². The third kappa shape index (κ3) is 2.61. The van der Waals surface area contributed by atoms with Gasteiger partial charge < -0.3 is 4.90 Å². The normalized spacial score (nSPS) is 20.4.